The molecule has 1 aromatic heterocycles. The van der Waals surface area contributed by atoms with Crippen molar-refractivity contribution in [3.05, 3.63) is 57.8 Å². The molecular formula is C14H10BrN3O. The molecule has 0 fully saturated rings. The van der Waals surface area contributed by atoms with Gasteiger partial charge in [0.2, 0.25) is 0 Å². The van der Waals surface area contributed by atoms with Gasteiger partial charge in [0.1, 0.15) is 11.8 Å². The van der Waals surface area contributed by atoms with Gasteiger partial charge in [-0.3, -0.25) is 4.79 Å². The highest BCUT2D eigenvalue weighted by Crippen LogP contribution is 2.20. The third kappa shape index (κ3) is 3.18. The number of carbonyl (C=O) groups is 1. The average molecular weight is 316 g/mol. The van der Waals surface area contributed by atoms with Crippen molar-refractivity contribution >= 4 is 27.5 Å². The molecule has 2 rings (SSSR count). The topological polar surface area (TPSA) is 65.8 Å². The summed E-state index contributed by atoms with van der Waals surface area (Å²) < 4.78 is 0.961. The lowest BCUT2D eigenvalue weighted by Gasteiger charge is -2.08. The Bertz CT molecular complexity index is 659. The molecule has 19 heavy (non-hydrogen) atoms. The minimum absolute atomic E-state index is 0.248. The van der Waals surface area contributed by atoms with E-state index in [1.807, 2.05) is 31.2 Å². The largest absolute Gasteiger partial charge is 0.322 e. The molecule has 1 heterocycles. The lowest BCUT2D eigenvalue weighted by atomic mass is 10.2. The highest BCUT2D eigenvalue weighted by Gasteiger charge is 2.08. The van der Waals surface area contributed by atoms with Crippen LogP contribution in [0.5, 0.6) is 0 Å². The van der Waals surface area contributed by atoms with Gasteiger partial charge in [0.15, 0.2) is 0 Å². The van der Waals surface area contributed by atoms with Crippen LogP contribution in [0.3, 0.4) is 0 Å². The van der Waals surface area contributed by atoms with Crippen LogP contribution in [-0.4, -0.2) is 10.9 Å². The molecule has 0 spiro atoms. The van der Waals surface area contributed by atoms with E-state index < -0.39 is 0 Å². The van der Waals surface area contributed by atoms with Crippen LogP contribution in [0.25, 0.3) is 0 Å². The summed E-state index contributed by atoms with van der Waals surface area (Å²) in [7, 11) is 0. The summed E-state index contributed by atoms with van der Waals surface area (Å²) in [6, 6.07) is 10.6. The van der Waals surface area contributed by atoms with E-state index in [0.717, 1.165) is 15.7 Å². The molecule has 0 bridgehead atoms. The number of pyridine rings is 1. The van der Waals surface area contributed by atoms with Crippen molar-refractivity contribution in [2.75, 3.05) is 5.32 Å². The Hall–Kier alpha value is -2.19. The maximum atomic E-state index is 12.0. The second kappa shape index (κ2) is 5.63. The van der Waals surface area contributed by atoms with E-state index in [9.17, 15) is 4.79 Å². The summed E-state index contributed by atoms with van der Waals surface area (Å²) in [5.74, 6) is -0.248. The first-order chi connectivity index (χ1) is 9.10. The van der Waals surface area contributed by atoms with Gasteiger partial charge in [-0.15, -0.1) is 0 Å². The van der Waals surface area contributed by atoms with Crippen molar-refractivity contribution in [1.82, 2.24) is 4.98 Å². The van der Waals surface area contributed by atoms with E-state index in [4.69, 9.17) is 5.26 Å². The summed E-state index contributed by atoms with van der Waals surface area (Å²) in [5.41, 5.74) is 2.42. The first-order valence-corrected chi connectivity index (χ1v) is 6.33. The molecule has 0 saturated carbocycles. The van der Waals surface area contributed by atoms with E-state index in [2.05, 4.69) is 26.2 Å². The Balaban J connectivity index is 2.18. The van der Waals surface area contributed by atoms with Crippen LogP contribution in [-0.2, 0) is 0 Å². The number of carbonyl (C=O) groups excluding carboxylic acids is 1. The van der Waals surface area contributed by atoms with Crippen LogP contribution in [0, 0.1) is 18.3 Å². The summed E-state index contributed by atoms with van der Waals surface area (Å²) in [5, 5.41) is 11.5. The number of hydrogen-bond donors (Lipinski definition) is 1. The van der Waals surface area contributed by atoms with Crippen molar-refractivity contribution < 1.29 is 4.79 Å². The lowest BCUT2D eigenvalue weighted by Crippen LogP contribution is -2.13. The number of aryl methyl sites for hydroxylation is 1. The molecule has 0 atom stereocenters. The monoisotopic (exact) mass is 315 g/mol. The summed E-state index contributed by atoms with van der Waals surface area (Å²) in [6.45, 7) is 1.91. The zero-order valence-electron chi connectivity index (χ0n) is 10.1. The Kier molecular flexibility index (Phi) is 3.93. The van der Waals surface area contributed by atoms with E-state index in [1.54, 1.807) is 6.07 Å². The first-order valence-electron chi connectivity index (χ1n) is 5.54. The van der Waals surface area contributed by atoms with Crippen molar-refractivity contribution in [2.45, 2.75) is 6.92 Å². The average Bonchev–Trinajstić information content (AvgIpc) is 2.42. The first kappa shape index (κ1) is 13.2. The maximum Gasteiger partial charge on any atom is 0.257 e. The molecule has 1 amide bonds. The van der Waals surface area contributed by atoms with Crippen LogP contribution in [0.1, 0.15) is 21.6 Å². The van der Waals surface area contributed by atoms with Crippen molar-refractivity contribution in [3.8, 4) is 6.07 Å². The Morgan fingerprint density at radius 3 is 2.74 bits per heavy atom. The Morgan fingerprint density at radius 1 is 1.37 bits per heavy atom. The molecule has 0 saturated heterocycles. The number of nitrogens with zero attached hydrogens (tertiary/aromatic N) is 2. The predicted molar refractivity (Wildman–Crippen MR) is 75.8 cm³/mol. The molecule has 0 aliphatic rings. The van der Waals surface area contributed by atoms with E-state index >= 15 is 0 Å². The van der Waals surface area contributed by atoms with Crippen LogP contribution in [0.2, 0.25) is 0 Å². The van der Waals surface area contributed by atoms with Gasteiger partial charge in [-0.05, 0) is 42.8 Å². The molecule has 4 nitrogen and oxygen atoms in total. The number of anilines is 1. The quantitative estimate of drug-likeness (QED) is 0.924. The second-order valence-electron chi connectivity index (χ2n) is 3.96. The predicted octanol–water partition coefficient (Wildman–Crippen LogP) is 3.28. The molecule has 0 aliphatic carbocycles. The van der Waals surface area contributed by atoms with Crippen LogP contribution in [0.15, 0.2) is 41.0 Å². The molecule has 5 heteroatoms. The number of rotatable bonds is 2. The fraction of sp³-hybridized carbons (Fsp3) is 0.0714. The van der Waals surface area contributed by atoms with Gasteiger partial charge in [-0.1, -0.05) is 15.9 Å². The standard InChI is InChI=1S/C14H10BrN3O/c1-9-6-11(15)3-5-13(9)18-14(19)10-2-4-12(7-16)17-8-10/h2-6,8H,1H3,(H,18,19). The molecule has 1 N–H and O–H groups in total. The number of nitriles is 1. The molecule has 0 unspecified atom stereocenters. The lowest BCUT2D eigenvalue weighted by molar-refractivity contribution is 0.102. The van der Waals surface area contributed by atoms with Gasteiger partial charge in [0.05, 0.1) is 5.56 Å². The Labute approximate surface area is 119 Å². The van der Waals surface area contributed by atoms with Crippen LogP contribution >= 0.6 is 15.9 Å². The minimum Gasteiger partial charge on any atom is -0.322 e. The van der Waals surface area contributed by atoms with Crippen LogP contribution < -0.4 is 5.32 Å². The maximum absolute atomic E-state index is 12.0. The Morgan fingerprint density at radius 2 is 2.16 bits per heavy atom. The van der Waals surface area contributed by atoms with Gasteiger partial charge in [0, 0.05) is 16.4 Å². The highest BCUT2D eigenvalue weighted by atomic mass is 79.9. The normalized spacial score (nSPS) is 9.74. The van der Waals surface area contributed by atoms with Crippen molar-refractivity contribution in [1.29, 1.82) is 5.26 Å². The molecule has 0 radical (unpaired) electrons. The second-order valence-corrected chi connectivity index (χ2v) is 4.87. The van der Waals surface area contributed by atoms with Crippen LogP contribution in [0.4, 0.5) is 5.69 Å². The zero-order valence-corrected chi connectivity index (χ0v) is 11.7. The van der Waals surface area contributed by atoms with E-state index in [0.29, 0.717) is 5.56 Å². The van der Waals surface area contributed by atoms with Crippen molar-refractivity contribution in [2.24, 2.45) is 0 Å². The molecular weight excluding hydrogens is 306 g/mol. The fourth-order valence-corrected chi connectivity index (χ4v) is 2.03. The molecule has 1 aromatic carbocycles. The molecule has 0 aliphatic heterocycles. The number of nitrogens with one attached hydrogen (secondary N) is 1. The van der Waals surface area contributed by atoms with Crippen molar-refractivity contribution in [3.63, 3.8) is 0 Å². The van der Waals surface area contributed by atoms with Gasteiger partial charge in [0.25, 0.3) is 5.91 Å². The number of aromatic nitrogens is 1. The van der Waals surface area contributed by atoms with Gasteiger partial charge >= 0.3 is 0 Å². The summed E-state index contributed by atoms with van der Waals surface area (Å²) in [4.78, 5) is 15.9. The summed E-state index contributed by atoms with van der Waals surface area (Å²) >= 11 is 3.37. The SMILES string of the molecule is Cc1cc(Br)ccc1NC(=O)c1ccc(C#N)nc1. The number of halogens is 1. The highest BCUT2D eigenvalue weighted by molar-refractivity contribution is 9.10. The molecule has 94 valence electrons. The smallest absolute Gasteiger partial charge is 0.257 e. The fourth-order valence-electron chi connectivity index (χ4n) is 1.56. The van der Waals surface area contributed by atoms with E-state index in [-0.39, 0.29) is 11.6 Å². The van der Waals surface area contributed by atoms with Gasteiger partial charge in [-0.2, -0.15) is 5.26 Å². The number of benzene rings is 1. The van der Waals surface area contributed by atoms with Gasteiger partial charge in [-0.25, -0.2) is 4.98 Å². The zero-order chi connectivity index (χ0) is 13.8. The third-order valence-corrected chi connectivity index (χ3v) is 3.07. The number of hydrogen-bond acceptors (Lipinski definition) is 3. The number of amides is 1. The van der Waals surface area contributed by atoms with Gasteiger partial charge < -0.3 is 5.32 Å². The molecule has 2 aromatic rings. The third-order valence-electron chi connectivity index (χ3n) is 2.58. The summed E-state index contributed by atoms with van der Waals surface area (Å²) in [6.07, 6.45) is 1.39. The van der Waals surface area contributed by atoms with E-state index in [1.165, 1.54) is 12.3 Å². The minimum atomic E-state index is -0.248.